The van der Waals surface area contributed by atoms with Crippen molar-refractivity contribution >= 4 is 40.6 Å². The number of anilines is 2. The Morgan fingerprint density at radius 1 is 1.15 bits per heavy atom. The molecular formula is C25H22ClN5O2. The number of halogens is 1. The van der Waals surface area contributed by atoms with Gasteiger partial charge in [0.15, 0.2) is 0 Å². The van der Waals surface area contributed by atoms with E-state index in [2.05, 4.69) is 20.1 Å². The zero-order valence-electron chi connectivity index (χ0n) is 18.1. The van der Waals surface area contributed by atoms with Crippen LogP contribution in [0.2, 0.25) is 5.02 Å². The molecule has 8 heteroatoms. The molecule has 2 heterocycles. The van der Waals surface area contributed by atoms with Crippen LogP contribution in [0.3, 0.4) is 0 Å². The van der Waals surface area contributed by atoms with Gasteiger partial charge in [0.05, 0.1) is 34.7 Å². The van der Waals surface area contributed by atoms with Crippen LogP contribution in [0.15, 0.2) is 54.9 Å². The Kier molecular flexibility index (Phi) is 6.66. The first kappa shape index (κ1) is 22.4. The number of benzene rings is 1. The van der Waals surface area contributed by atoms with E-state index in [1.807, 2.05) is 12.1 Å². The Morgan fingerprint density at radius 3 is 2.55 bits per heavy atom. The number of aromatic nitrogens is 2. The summed E-state index contributed by atoms with van der Waals surface area (Å²) in [6, 6.07) is 12.4. The Labute approximate surface area is 197 Å². The Balaban J connectivity index is 1.42. The lowest BCUT2D eigenvalue weighted by Crippen LogP contribution is -2.30. The van der Waals surface area contributed by atoms with Crippen LogP contribution in [0.25, 0.3) is 16.1 Å². The van der Waals surface area contributed by atoms with Gasteiger partial charge in [0.2, 0.25) is 11.8 Å². The number of pyridine rings is 2. The van der Waals surface area contributed by atoms with Gasteiger partial charge in [-0.05, 0) is 49.1 Å². The number of hydrogen-bond acceptors (Lipinski definition) is 4. The number of carbonyl (C=O) groups is 2. The molecule has 33 heavy (non-hydrogen) atoms. The third-order valence-corrected chi connectivity index (χ3v) is 5.69. The summed E-state index contributed by atoms with van der Waals surface area (Å²) >= 11 is 6.52. The van der Waals surface area contributed by atoms with Crippen molar-refractivity contribution in [1.82, 2.24) is 9.97 Å². The van der Waals surface area contributed by atoms with Crippen LogP contribution in [0.4, 0.5) is 17.2 Å². The molecule has 0 radical (unpaired) electrons. The molecule has 1 aliphatic carbocycles. The van der Waals surface area contributed by atoms with Crippen molar-refractivity contribution in [1.29, 1.82) is 0 Å². The monoisotopic (exact) mass is 459 g/mol. The summed E-state index contributed by atoms with van der Waals surface area (Å²) in [7, 11) is 0. The summed E-state index contributed by atoms with van der Waals surface area (Å²) in [5, 5.41) is 3.31. The minimum atomic E-state index is -0.200. The maximum Gasteiger partial charge on any atom is 0.269 e. The van der Waals surface area contributed by atoms with Crippen LogP contribution in [0.1, 0.15) is 25.3 Å². The van der Waals surface area contributed by atoms with Crippen LogP contribution in [-0.2, 0) is 16.0 Å². The van der Waals surface area contributed by atoms with E-state index in [4.69, 9.17) is 18.2 Å². The lowest BCUT2D eigenvalue weighted by atomic mass is 10.1. The molecule has 0 atom stereocenters. The topological polar surface area (TPSA) is 79.5 Å². The summed E-state index contributed by atoms with van der Waals surface area (Å²) < 4.78 is 0. The lowest BCUT2D eigenvalue weighted by Gasteiger charge is -2.22. The fourth-order valence-electron chi connectivity index (χ4n) is 3.46. The molecule has 1 fully saturated rings. The first-order valence-electron chi connectivity index (χ1n) is 10.6. The minimum Gasteiger partial charge on any atom is -0.361 e. The predicted octanol–water partition coefficient (Wildman–Crippen LogP) is 5.29. The van der Waals surface area contributed by atoms with Crippen molar-refractivity contribution < 1.29 is 9.59 Å². The summed E-state index contributed by atoms with van der Waals surface area (Å²) in [4.78, 5) is 37.8. The van der Waals surface area contributed by atoms with Crippen molar-refractivity contribution in [3.05, 3.63) is 76.9 Å². The van der Waals surface area contributed by atoms with Gasteiger partial charge in [-0.15, -0.1) is 4.98 Å². The molecule has 1 N–H and O–H groups in total. The highest BCUT2D eigenvalue weighted by molar-refractivity contribution is 6.34. The molecule has 0 bridgehead atoms. The molecule has 1 saturated carbocycles. The fourth-order valence-corrected chi connectivity index (χ4v) is 3.74. The van der Waals surface area contributed by atoms with E-state index < -0.39 is 0 Å². The van der Waals surface area contributed by atoms with Gasteiger partial charge in [-0.2, -0.15) is 0 Å². The molecule has 0 unspecified atom stereocenters. The maximum absolute atomic E-state index is 12.3. The van der Waals surface area contributed by atoms with E-state index in [0.29, 0.717) is 40.4 Å². The Morgan fingerprint density at radius 2 is 1.97 bits per heavy atom. The summed E-state index contributed by atoms with van der Waals surface area (Å²) in [6.45, 7) is 9.17. The molecule has 3 aromatic rings. The predicted molar refractivity (Wildman–Crippen MR) is 128 cm³/mol. The quantitative estimate of drug-likeness (QED) is 0.487. The molecular weight excluding hydrogens is 438 g/mol. The summed E-state index contributed by atoms with van der Waals surface area (Å²) in [5.41, 5.74) is 3.53. The van der Waals surface area contributed by atoms with E-state index in [9.17, 15) is 9.59 Å². The van der Waals surface area contributed by atoms with Crippen molar-refractivity contribution in [2.45, 2.75) is 26.2 Å². The number of rotatable bonds is 7. The second-order valence-electron chi connectivity index (χ2n) is 8.03. The smallest absolute Gasteiger partial charge is 0.269 e. The standard InChI is InChI=1S/C25H22ClN5O2/c1-16(32)31(15-17-3-4-17)23-9-6-19(12-21(23)26)22-8-7-20(14-28-22)30-25(33)11-18-5-10-24(27-2)29-13-18/h5-10,12-14,17H,3-4,11,15H2,1H3,(H,30,33). The Hall–Kier alpha value is -3.76. The van der Waals surface area contributed by atoms with E-state index >= 15 is 0 Å². The zero-order valence-corrected chi connectivity index (χ0v) is 18.8. The average Bonchev–Trinajstić information content (AvgIpc) is 3.63. The Bertz CT molecular complexity index is 1220. The number of hydrogen-bond donors (Lipinski definition) is 1. The van der Waals surface area contributed by atoms with Crippen molar-refractivity contribution in [3.8, 4) is 11.3 Å². The second kappa shape index (κ2) is 9.80. The highest BCUT2D eigenvalue weighted by atomic mass is 35.5. The average molecular weight is 460 g/mol. The van der Waals surface area contributed by atoms with Gasteiger partial charge < -0.3 is 15.1 Å². The van der Waals surface area contributed by atoms with Crippen LogP contribution in [0, 0.1) is 12.5 Å². The van der Waals surface area contributed by atoms with Gasteiger partial charge in [0.25, 0.3) is 5.82 Å². The van der Waals surface area contributed by atoms with Crippen LogP contribution < -0.4 is 10.2 Å². The van der Waals surface area contributed by atoms with Crippen LogP contribution >= 0.6 is 11.6 Å². The van der Waals surface area contributed by atoms with Gasteiger partial charge >= 0.3 is 0 Å². The number of nitrogens with zero attached hydrogens (tertiary/aromatic N) is 4. The maximum atomic E-state index is 12.3. The largest absolute Gasteiger partial charge is 0.361 e. The first-order chi connectivity index (χ1) is 15.9. The molecule has 0 aliphatic heterocycles. The molecule has 0 saturated heterocycles. The molecule has 0 spiro atoms. The lowest BCUT2D eigenvalue weighted by molar-refractivity contribution is -0.117. The van der Waals surface area contributed by atoms with Crippen molar-refractivity contribution in [3.63, 3.8) is 0 Å². The number of carbonyl (C=O) groups excluding carboxylic acids is 2. The molecule has 1 aromatic carbocycles. The van der Waals surface area contributed by atoms with Crippen LogP contribution in [0.5, 0.6) is 0 Å². The number of nitrogens with one attached hydrogen (secondary N) is 1. The van der Waals surface area contributed by atoms with Crippen LogP contribution in [-0.4, -0.2) is 28.3 Å². The van der Waals surface area contributed by atoms with E-state index in [0.717, 1.165) is 24.0 Å². The highest BCUT2D eigenvalue weighted by Crippen LogP contribution is 2.35. The van der Waals surface area contributed by atoms with Gasteiger partial charge in [-0.25, -0.2) is 0 Å². The van der Waals surface area contributed by atoms with E-state index in [1.165, 1.54) is 6.20 Å². The second-order valence-corrected chi connectivity index (χ2v) is 8.44. The van der Waals surface area contributed by atoms with Gasteiger partial charge in [-0.1, -0.05) is 30.3 Å². The number of amides is 2. The first-order valence-corrected chi connectivity index (χ1v) is 11.0. The molecule has 166 valence electrons. The third-order valence-electron chi connectivity index (χ3n) is 5.39. The molecule has 1 aliphatic rings. The zero-order chi connectivity index (χ0) is 23.4. The van der Waals surface area contributed by atoms with E-state index in [-0.39, 0.29) is 18.2 Å². The third kappa shape index (κ3) is 5.73. The molecule has 2 amide bonds. The van der Waals surface area contributed by atoms with Gasteiger partial charge in [0, 0.05) is 24.6 Å². The molecule has 2 aromatic heterocycles. The fraction of sp³-hybridized carbons (Fsp3) is 0.240. The summed E-state index contributed by atoms with van der Waals surface area (Å²) in [6.07, 6.45) is 5.57. The SMILES string of the molecule is [C-]#[N+]c1ccc(CC(=O)Nc2ccc(-c3ccc(N(CC4CC4)C(C)=O)c(Cl)c3)nc2)cn1. The van der Waals surface area contributed by atoms with Gasteiger partial charge in [0.1, 0.15) is 6.20 Å². The van der Waals surface area contributed by atoms with Gasteiger partial charge in [-0.3, -0.25) is 14.6 Å². The molecule has 7 nitrogen and oxygen atoms in total. The molecule has 4 rings (SSSR count). The van der Waals surface area contributed by atoms with E-state index in [1.54, 1.807) is 48.4 Å². The minimum absolute atomic E-state index is 0.0205. The highest BCUT2D eigenvalue weighted by Gasteiger charge is 2.27. The van der Waals surface area contributed by atoms with Crippen molar-refractivity contribution in [2.24, 2.45) is 5.92 Å². The summed E-state index contributed by atoms with van der Waals surface area (Å²) in [5.74, 6) is 0.634. The normalized spacial score (nSPS) is 12.6. The van der Waals surface area contributed by atoms with Crippen molar-refractivity contribution in [2.75, 3.05) is 16.8 Å².